The highest BCUT2D eigenvalue weighted by molar-refractivity contribution is 5.91. The van der Waals surface area contributed by atoms with Crippen LogP contribution in [0.2, 0.25) is 0 Å². The Bertz CT molecular complexity index is 1030. The van der Waals surface area contributed by atoms with E-state index in [2.05, 4.69) is 10.4 Å². The van der Waals surface area contributed by atoms with Crippen LogP contribution in [-0.4, -0.2) is 20.1 Å². The van der Waals surface area contributed by atoms with Gasteiger partial charge in [-0.1, -0.05) is 25.1 Å². The highest BCUT2D eigenvalue weighted by Crippen LogP contribution is 2.22. The number of para-hydroxylation sites is 1. The quantitative estimate of drug-likeness (QED) is 0.786. The maximum absolute atomic E-state index is 12.9. The van der Waals surface area contributed by atoms with E-state index in [0.717, 1.165) is 54.6 Å². The number of carbonyl (C=O) groups excluding carboxylic acids is 1. The van der Waals surface area contributed by atoms with E-state index in [0.29, 0.717) is 5.52 Å². The zero-order valence-corrected chi connectivity index (χ0v) is 14.9. The van der Waals surface area contributed by atoms with Crippen molar-refractivity contribution in [2.45, 2.75) is 45.6 Å². The van der Waals surface area contributed by atoms with Gasteiger partial charge in [0.25, 0.3) is 5.56 Å². The number of aryl methyl sites for hydroxylation is 3. The number of nitrogens with one attached hydrogen (secondary N) is 1. The number of hydrogen-bond acceptors (Lipinski definition) is 3. The molecule has 0 saturated heterocycles. The third-order valence-electron chi connectivity index (χ3n) is 5.02. The second-order valence-corrected chi connectivity index (χ2v) is 6.72. The number of fused-ring (bicyclic) bond motifs is 3. The van der Waals surface area contributed by atoms with E-state index in [1.807, 2.05) is 31.2 Å². The van der Waals surface area contributed by atoms with Crippen molar-refractivity contribution in [3.8, 4) is 0 Å². The summed E-state index contributed by atoms with van der Waals surface area (Å²) in [6.45, 7) is 2.04. The predicted octanol–water partition coefficient (Wildman–Crippen LogP) is 2.58. The molecule has 1 aliphatic carbocycles. The fraction of sp³-hybridized carbons (Fsp3) is 0.350. The SMILES string of the molecule is CCc1ccccc1NC(=O)Cn1ccn2nc3c(c2c1=O)CCCC3. The third-order valence-corrected chi connectivity index (χ3v) is 5.02. The average Bonchev–Trinajstić information content (AvgIpc) is 3.04. The Morgan fingerprint density at radius 3 is 2.85 bits per heavy atom. The van der Waals surface area contributed by atoms with Crippen molar-refractivity contribution in [2.75, 3.05) is 5.32 Å². The monoisotopic (exact) mass is 350 g/mol. The molecule has 1 N–H and O–H groups in total. The van der Waals surface area contributed by atoms with E-state index in [1.54, 1.807) is 16.9 Å². The van der Waals surface area contributed by atoms with Crippen molar-refractivity contribution in [2.24, 2.45) is 0 Å². The van der Waals surface area contributed by atoms with E-state index < -0.39 is 0 Å². The third kappa shape index (κ3) is 2.92. The van der Waals surface area contributed by atoms with Gasteiger partial charge in [-0.05, 0) is 43.7 Å². The predicted molar refractivity (Wildman–Crippen MR) is 101 cm³/mol. The second-order valence-electron chi connectivity index (χ2n) is 6.72. The normalized spacial score (nSPS) is 13.6. The minimum absolute atomic E-state index is 0.00661. The molecule has 6 nitrogen and oxygen atoms in total. The molecule has 6 heteroatoms. The smallest absolute Gasteiger partial charge is 0.277 e. The van der Waals surface area contributed by atoms with Crippen molar-refractivity contribution in [3.63, 3.8) is 0 Å². The molecule has 0 spiro atoms. The molecule has 26 heavy (non-hydrogen) atoms. The Hall–Kier alpha value is -2.89. The van der Waals surface area contributed by atoms with Crippen molar-refractivity contribution in [3.05, 3.63) is 63.8 Å². The topological polar surface area (TPSA) is 68.4 Å². The van der Waals surface area contributed by atoms with E-state index in [-0.39, 0.29) is 18.0 Å². The highest BCUT2D eigenvalue weighted by atomic mass is 16.2. The summed E-state index contributed by atoms with van der Waals surface area (Å²) in [7, 11) is 0. The summed E-state index contributed by atoms with van der Waals surface area (Å²) in [6, 6.07) is 7.73. The fourth-order valence-corrected chi connectivity index (χ4v) is 3.67. The maximum Gasteiger partial charge on any atom is 0.277 e. The lowest BCUT2D eigenvalue weighted by Gasteiger charge is -2.11. The molecule has 4 rings (SSSR count). The number of anilines is 1. The number of amides is 1. The molecule has 134 valence electrons. The first-order chi connectivity index (χ1) is 12.7. The zero-order valence-electron chi connectivity index (χ0n) is 14.9. The minimum Gasteiger partial charge on any atom is -0.324 e. The number of carbonyl (C=O) groups is 1. The molecule has 2 aromatic heterocycles. The van der Waals surface area contributed by atoms with Gasteiger partial charge in [-0.3, -0.25) is 9.59 Å². The summed E-state index contributed by atoms with van der Waals surface area (Å²) in [5.41, 5.74) is 4.41. The van der Waals surface area contributed by atoms with Gasteiger partial charge in [-0.2, -0.15) is 5.10 Å². The molecule has 0 aliphatic heterocycles. The molecule has 1 amide bonds. The largest absolute Gasteiger partial charge is 0.324 e. The van der Waals surface area contributed by atoms with Gasteiger partial charge in [0.15, 0.2) is 0 Å². The summed E-state index contributed by atoms with van der Waals surface area (Å²) in [5, 5.41) is 7.45. The first kappa shape index (κ1) is 16.6. The van der Waals surface area contributed by atoms with Crippen molar-refractivity contribution in [1.29, 1.82) is 0 Å². The van der Waals surface area contributed by atoms with Crippen LogP contribution in [0.5, 0.6) is 0 Å². The first-order valence-electron chi connectivity index (χ1n) is 9.14. The Balaban J connectivity index is 1.62. The van der Waals surface area contributed by atoms with Gasteiger partial charge < -0.3 is 9.88 Å². The van der Waals surface area contributed by atoms with Crippen LogP contribution in [0.1, 0.15) is 36.6 Å². The van der Waals surface area contributed by atoms with E-state index in [4.69, 9.17) is 0 Å². The van der Waals surface area contributed by atoms with E-state index in [1.165, 1.54) is 4.57 Å². The fourth-order valence-electron chi connectivity index (χ4n) is 3.67. The maximum atomic E-state index is 12.9. The molecule has 0 bridgehead atoms. The summed E-state index contributed by atoms with van der Waals surface area (Å²) in [6.07, 6.45) is 8.24. The Kier molecular flexibility index (Phi) is 4.32. The molecule has 0 saturated carbocycles. The Labute approximate surface area is 151 Å². The van der Waals surface area contributed by atoms with Gasteiger partial charge in [-0.25, -0.2) is 4.52 Å². The highest BCUT2D eigenvalue weighted by Gasteiger charge is 2.20. The van der Waals surface area contributed by atoms with Gasteiger partial charge in [0.1, 0.15) is 12.1 Å². The van der Waals surface area contributed by atoms with Crippen molar-refractivity contribution < 1.29 is 4.79 Å². The minimum atomic E-state index is -0.203. The van der Waals surface area contributed by atoms with Gasteiger partial charge in [-0.15, -0.1) is 0 Å². The van der Waals surface area contributed by atoms with Crippen LogP contribution in [0.25, 0.3) is 5.52 Å². The summed E-state index contributed by atoms with van der Waals surface area (Å²) < 4.78 is 3.13. The van der Waals surface area contributed by atoms with Crippen LogP contribution >= 0.6 is 0 Å². The average molecular weight is 350 g/mol. The number of rotatable bonds is 4. The zero-order chi connectivity index (χ0) is 18.1. The van der Waals surface area contributed by atoms with Crippen LogP contribution < -0.4 is 10.9 Å². The molecule has 1 aromatic carbocycles. The Morgan fingerprint density at radius 2 is 2.00 bits per heavy atom. The molecule has 0 radical (unpaired) electrons. The standard InChI is InChI=1S/C20H22N4O2/c1-2-14-7-3-5-9-16(14)21-18(25)13-23-11-12-24-19(20(23)26)15-8-4-6-10-17(15)22-24/h3,5,7,9,11-12H,2,4,6,8,10,13H2,1H3,(H,21,25). The van der Waals surface area contributed by atoms with Crippen LogP contribution in [0.4, 0.5) is 5.69 Å². The molecule has 0 fully saturated rings. The van der Waals surface area contributed by atoms with Crippen molar-refractivity contribution in [1.82, 2.24) is 14.2 Å². The first-order valence-corrected chi connectivity index (χ1v) is 9.14. The Morgan fingerprint density at radius 1 is 1.19 bits per heavy atom. The van der Waals surface area contributed by atoms with Crippen LogP contribution in [0, 0.1) is 0 Å². The second kappa shape index (κ2) is 6.78. The molecule has 3 aromatic rings. The molecule has 1 aliphatic rings. The van der Waals surface area contributed by atoms with Crippen LogP contribution in [-0.2, 0) is 30.6 Å². The molecule has 0 atom stereocenters. The molecule has 0 unspecified atom stereocenters. The summed E-state index contributed by atoms with van der Waals surface area (Å²) in [4.78, 5) is 25.4. The number of benzene rings is 1. The number of aromatic nitrogens is 3. The number of nitrogens with zero attached hydrogens (tertiary/aromatic N) is 3. The van der Waals surface area contributed by atoms with E-state index >= 15 is 0 Å². The summed E-state index contributed by atoms with van der Waals surface area (Å²) in [5.74, 6) is -0.203. The van der Waals surface area contributed by atoms with Crippen LogP contribution in [0.3, 0.4) is 0 Å². The van der Waals surface area contributed by atoms with Gasteiger partial charge >= 0.3 is 0 Å². The number of hydrogen-bond donors (Lipinski definition) is 1. The van der Waals surface area contributed by atoms with Gasteiger partial charge in [0.05, 0.1) is 5.69 Å². The molecule has 2 heterocycles. The van der Waals surface area contributed by atoms with E-state index in [9.17, 15) is 9.59 Å². The van der Waals surface area contributed by atoms with Gasteiger partial charge in [0.2, 0.25) is 5.91 Å². The van der Waals surface area contributed by atoms with Gasteiger partial charge in [0, 0.05) is 23.6 Å². The lowest BCUT2D eigenvalue weighted by Crippen LogP contribution is -2.28. The van der Waals surface area contributed by atoms with Crippen LogP contribution in [0.15, 0.2) is 41.5 Å². The molecular weight excluding hydrogens is 328 g/mol. The van der Waals surface area contributed by atoms with Crippen molar-refractivity contribution >= 4 is 17.1 Å². The summed E-state index contributed by atoms with van der Waals surface area (Å²) >= 11 is 0. The molecular formula is C20H22N4O2. The lowest BCUT2D eigenvalue weighted by molar-refractivity contribution is -0.116. The lowest BCUT2D eigenvalue weighted by atomic mass is 9.97.